The molecule has 3 nitrogen and oxygen atoms in total. The van der Waals surface area contributed by atoms with Crippen LogP contribution in [0.25, 0.3) is 10.8 Å². The van der Waals surface area contributed by atoms with Crippen LogP contribution in [-0.2, 0) is 10.6 Å². The molecule has 20 heavy (non-hydrogen) atoms. The lowest BCUT2D eigenvalue weighted by Crippen LogP contribution is -2.37. The number of anilines is 1. The van der Waals surface area contributed by atoms with Gasteiger partial charge in [-0.05, 0) is 24.8 Å². The van der Waals surface area contributed by atoms with E-state index >= 15 is 0 Å². The van der Waals surface area contributed by atoms with Crippen molar-refractivity contribution >= 4 is 28.2 Å². The first-order valence-corrected chi connectivity index (χ1v) is 7.53. The van der Waals surface area contributed by atoms with Crippen LogP contribution in [0, 0.1) is 0 Å². The summed E-state index contributed by atoms with van der Waals surface area (Å²) in [5.74, 6) is 1.43. The lowest BCUT2D eigenvalue weighted by molar-refractivity contribution is 0.118. The van der Waals surface area contributed by atoms with Gasteiger partial charge in [-0.1, -0.05) is 24.3 Å². The third-order valence-electron chi connectivity index (χ3n) is 4.08. The molecule has 2 heterocycles. The summed E-state index contributed by atoms with van der Waals surface area (Å²) >= 11 is 5.99. The van der Waals surface area contributed by atoms with Crippen molar-refractivity contribution in [1.29, 1.82) is 0 Å². The van der Waals surface area contributed by atoms with Crippen LogP contribution < -0.4 is 4.90 Å². The molecule has 0 amide bonds. The van der Waals surface area contributed by atoms with Gasteiger partial charge in [-0.15, -0.1) is 11.6 Å². The Bertz CT molecular complexity index is 616. The van der Waals surface area contributed by atoms with E-state index in [9.17, 15) is 0 Å². The molecule has 0 bridgehead atoms. The fourth-order valence-corrected chi connectivity index (χ4v) is 3.09. The van der Waals surface area contributed by atoms with Crippen LogP contribution in [0.2, 0.25) is 0 Å². The Morgan fingerprint density at radius 1 is 1.40 bits per heavy atom. The molecule has 0 N–H and O–H groups in total. The molecule has 1 aliphatic rings. The number of benzene rings is 1. The van der Waals surface area contributed by atoms with Crippen LogP contribution in [0.5, 0.6) is 0 Å². The highest BCUT2D eigenvalue weighted by atomic mass is 35.5. The SMILES string of the molecule is CC1OCCC1N(C)c1nc(CCl)cc2ccccc12. The zero-order valence-corrected chi connectivity index (χ0v) is 12.6. The summed E-state index contributed by atoms with van der Waals surface area (Å²) < 4.78 is 5.68. The monoisotopic (exact) mass is 290 g/mol. The van der Waals surface area contributed by atoms with Crippen molar-refractivity contribution in [2.24, 2.45) is 0 Å². The quantitative estimate of drug-likeness (QED) is 0.808. The highest BCUT2D eigenvalue weighted by Gasteiger charge is 2.29. The van der Waals surface area contributed by atoms with E-state index in [0.29, 0.717) is 11.9 Å². The smallest absolute Gasteiger partial charge is 0.136 e. The van der Waals surface area contributed by atoms with Crippen LogP contribution in [0.3, 0.4) is 0 Å². The molecule has 0 aliphatic carbocycles. The molecule has 1 fully saturated rings. The number of alkyl halides is 1. The number of fused-ring (bicyclic) bond motifs is 1. The predicted molar refractivity (Wildman–Crippen MR) is 83.5 cm³/mol. The number of aromatic nitrogens is 1. The van der Waals surface area contributed by atoms with Gasteiger partial charge in [0.15, 0.2) is 0 Å². The molecule has 106 valence electrons. The first kappa shape index (κ1) is 13.7. The maximum atomic E-state index is 5.99. The summed E-state index contributed by atoms with van der Waals surface area (Å²) in [6.45, 7) is 2.95. The molecule has 1 aliphatic heterocycles. The van der Waals surface area contributed by atoms with E-state index in [4.69, 9.17) is 21.3 Å². The Morgan fingerprint density at radius 2 is 2.20 bits per heavy atom. The third kappa shape index (κ3) is 2.36. The van der Waals surface area contributed by atoms with Gasteiger partial charge in [0.25, 0.3) is 0 Å². The molecular weight excluding hydrogens is 272 g/mol. The molecule has 0 spiro atoms. The van der Waals surface area contributed by atoms with E-state index in [-0.39, 0.29) is 6.10 Å². The van der Waals surface area contributed by atoms with Gasteiger partial charge in [0, 0.05) is 19.0 Å². The fraction of sp³-hybridized carbons (Fsp3) is 0.438. The predicted octanol–water partition coefficient (Wildman–Crippen LogP) is 3.59. The van der Waals surface area contributed by atoms with Gasteiger partial charge in [-0.3, -0.25) is 0 Å². The minimum Gasteiger partial charge on any atom is -0.376 e. The van der Waals surface area contributed by atoms with Gasteiger partial charge in [0.2, 0.25) is 0 Å². The number of ether oxygens (including phenoxy) is 1. The number of rotatable bonds is 3. The zero-order valence-electron chi connectivity index (χ0n) is 11.8. The number of halogens is 1. The van der Waals surface area contributed by atoms with E-state index in [0.717, 1.165) is 24.5 Å². The largest absolute Gasteiger partial charge is 0.376 e. The van der Waals surface area contributed by atoms with Crippen LogP contribution in [0.4, 0.5) is 5.82 Å². The lowest BCUT2D eigenvalue weighted by atomic mass is 10.1. The summed E-state index contributed by atoms with van der Waals surface area (Å²) in [7, 11) is 2.10. The molecule has 0 saturated carbocycles. The molecule has 3 rings (SSSR count). The minimum absolute atomic E-state index is 0.236. The second-order valence-electron chi connectivity index (χ2n) is 5.33. The van der Waals surface area contributed by atoms with E-state index in [1.807, 2.05) is 6.07 Å². The maximum absolute atomic E-state index is 5.99. The average Bonchev–Trinajstić information content (AvgIpc) is 2.91. The Labute approximate surface area is 124 Å². The van der Waals surface area contributed by atoms with Crippen LogP contribution in [0.1, 0.15) is 19.0 Å². The maximum Gasteiger partial charge on any atom is 0.136 e. The summed E-state index contributed by atoms with van der Waals surface area (Å²) in [6.07, 6.45) is 1.28. The standard InChI is InChI=1S/C16H19ClN2O/c1-11-15(7-8-20-11)19(2)16-14-6-4-3-5-12(14)9-13(10-17)18-16/h3-6,9,11,15H,7-8,10H2,1-2H3. The fourth-order valence-electron chi connectivity index (χ4n) is 2.96. The normalized spacial score (nSPS) is 22.4. The number of hydrogen-bond donors (Lipinski definition) is 0. The van der Waals surface area contributed by atoms with Crippen LogP contribution in [-0.4, -0.2) is 30.8 Å². The Hall–Kier alpha value is -1.32. The van der Waals surface area contributed by atoms with Crippen molar-refractivity contribution in [3.63, 3.8) is 0 Å². The van der Waals surface area contributed by atoms with Crippen molar-refractivity contribution < 1.29 is 4.74 Å². The summed E-state index contributed by atoms with van der Waals surface area (Å²) in [5, 5.41) is 2.36. The Balaban J connectivity index is 2.09. The number of hydrogen-bond acceptors (Lipinski definition) is 3. The summed E-state index contributed by atoms with van der Waals surface area (Å²) in [5.41, 5.74) is 0.916. The van der Waals surface area contributed by atoms with Crippen molar-refractivity contribution in [2.75, 3.05) is 18.6 Å². The first-order valence-electron chi connectivity index (χ1n) is 7.00. The van der Waals surface area contributed by atoms with Gasteiger partial charge in [0.1, 0.15) is 5.82 Å². The zero-order chi connectivity index (χ0) is 14.1. The molecule has 4 heteroatoms. The first-order chi connectivity index (χ1) is 9.70. The molecule has 2 aromatic rings. The second-order valence-corrected chi connectivity index (χ2v) is 5.60. The molecule has 0 radical (unpaired) electrons. The summed E-state index contributed by atoms with van der Waals surface area (Å²) in [6, 6.07) is 10.8. The molecule has 2 atom stereocenters. The molecule has 2 unspecified atom stereocenters. The molecule has 1 aromatic carbocycles. The Kier molecular flexibility index (Phi) is 3.81. The van der Waals surface area contributed by atoms with E-state index in [1.54, 1.807) is 0 Å². The Morgan fingerprint density at radius 3 is 2.90 bits per heavy atom. The van der Waals surface area contributed by atoms with E-state index in [1.165, 1.54) is 10.8 Å². The van der Waals surface area contributed by atoms with Gasteiger partial charge in [-0.25, -0.2) is 4.98 Å². The molecular formula is C16H19ClN2O. The van der Waals surface area contributed by atoms with Crippen molar-refractivity contribution in [2.45, 2.75) is 31.4 Å². The average molecular weight is 291 g/mol. The highest BCUT2D eigenvalue weighted by Crippen LogP contribution is 2.30. The topological polar surface area (TPSA) is 25.4 Å². The van der Waals surface area contributed by atoms with Crippen LogP contribution in [0.15, 0.2) is 30.3 Å². The van der Waals surface area contributed by atoms with E-state index < -0.39 is 0 Å². The minimum atomic E-state index is 0.236. The lowest BCUT2D eigenvalue weighted by Gasteiger charge is -2.29. The van der Waals surface area contributed by atoms with Gasteiger partial charge in [0.05, 0.1) is 23.7 Å². The van der Waals surface area contributed by atoms with E-state index in [2.05, 4.69) is 43.1 Å². The number of likely N-dealkylation sites (N-methyl/N-ethyl adjacent to an activating group) is 1. The number of nitrogens with zero attached hydrogens (tertiary/aromatic N) is 2. The van der Waals surface area contributed by atoms with Gasteiger partial charge in [-0.2, -0.15) is 0 Å². The molecule has 1 aromatic heterocycles. The van der Waals surface area contributed by atoms with Crippen molar-refractivity contribution in [3.05, 3.63) is 36.0 Å². The summed E-state index contributed by atoms with van der Waals surface area (Å²) in [4.78, 5) is 6.98. The van der Waals surface area contributed by atoms with Crippen molar-refractivity contribution in [3.8, 4) is 0 Å². The van der Waals surface area contributed by atoms with Crippen LogP contribution >= 0.6 is 11.6 Å². The number of pyridine rings is 1. The highest BCUT2D eigenvalue weighted by molar-refractivity contribution is 6.17. The van der Waals surface area contributed by atoms with Gasteiger partial charge >= 0.3 is 0 Å². The van der Waals surface area contributed by atoms with Crippen molar-refractivity contribution in [1.82, 2.24) is 4.98 Å². The van der Waals surface area contributed by atoms with Gasteiger partial charge < -0.3 is 9.64 Å². The second kappa shape index (κ2) is 5.58. The third-order valence-corrected chi connectivity index (χ3v) is 4.35. The molecule has 1 saturated heterocycles.